The molecule has 1 aliphatic carbocycles. The van der Waals surface area contributed by atoms with Gasteiger partial charge in [-0.05, 0) is 81.8 Å². The number of amides is 1. The fourth-order valence-electron chi connectivity index (χ4n) is 5.24. The van der Waals surface area contributed by atoms with Crippen LogP contribution in [0.25, 0.3) is 0 Å². The van der Waals surface area contributed by atoms with Crippen LogP contribution >= 0.6 is 0 Å². The Morgan fingerprint density at radius 3 is 2.18 bits per heavy atom. The summed E-state index contributed by atoms with van der Waals surface area (Å²) in [7, 11) is 1.45. The van der Waals surface area contributed by atoms with Gasteiger partial charge in [-0.3, -0.25) is 4.79 Å². The molecule has 1 atom stereocenters. The molecule has 1 saturated heterocycles. The molecule has 6 nitrogen and oxygen atoms in total. The lowest BCUT2D eigenvalue weighted by Crippen LogP contribution is -2.41. The molecular formula is C27H42N2O4. The number of benzene rings is 1. The molecule has 1 aliphatic heterocycles. The molecule has 2 N–H and O–H groups in total. The number of likely N-dealkylation sites (tertiary alicyclic amines) is 1. The topological polar surface area (TPSA) is 81.9 Å². The van der Waals surface area contributed by atoms with Crippen LogP contribution < -0.4 is 5.73 Å². The number of esters is 1. The number of nitrogens with two attached hydrogens (primary N) is 1. The first-order valence-electron chi connectivity index (χ1n) is 12.6. The zero-order valence-corrected chi connectivity index (χ0v) is 20.8. The van der Waals surface area contributed by atoms with E-state index in [1.54, 1.807) is 0 Å². The van der Waals surface area contributed by atoms with E-state index in [0.717, 1.165) is 58.0 Å². The second-order valence-electron chi connectivity index (χ2n) is 10.8. The summed E-state index contributed by atoms with van der Waals surface area (Å²) in [6.45, 7) is 7.18. The lowest BCUT2D eigenvalue weighted by atomic mass is 9.75. The van der Waals surface area contributed by atoms with Gasteiger partial charge in [0.25, 0.3) is 0 Å². The van der Waals surface area contributed by atoms with Gasteiger partial charge in [-0.25, -0.2) is 4.79 Å². The second-order valence-corrected chi connectivity index (χ2v) is 10.8. The molecule has 3 rings (SSSR count). The summed E-state index contributed by atoms with van der Waals surface area (Å²) in [6, 6.07) is 8.91. The zero-order chi connectivity index (χ0) is 24.0. The van der Waals surface area contributed by atoms with E-state index in [1.807, 2.05) is 25.7 Å². The smallest absolute Gasteiger partial charge is 0.410 e. The molecule has 6 heteroatoms. The third-order valence-electron chi connectivity index (χ3n) is 7.32. The number of nitrogens with zero attached hydrogens (tertiary/aromatic N) is 1. The van der Waals surface area contributed by atoms with Crippen molar-refractivity contribution >= 4 is 12.1 Å². The lowest BCUT2D eigenvalue weighted by Gasteiger charge is -2.34. The lowest BCUT2D eigenvalue weighted by molar-refractivity contribution is -0.141. The molecule has 1 aromatic rings. The van der Waals surface area contributed by atoms with Crippen molar-refractivity contribution in [2.24, 2.45) is 17.6 Å². The predicted octanol–water partition coefficient (Wildman–Crippen LogP) is 5.56. The van der Waals surface area contributed by atoms with Crippen molar-refractivity contribution in [2.45, 2.75) is 89.7 Å². The first-order valence-corrected chi connectivity index (χ1v) is 12.6. The molecule has 0 spiro atoms. The molecule has 184 valence electrons. The van der Waals surface area contributed by atoms with Crippen LogP contribution in [0.15, 0.2) is 24.3 Å². The number of rotatable bonds is 6. The monoisotopic (exact) mass is 458 g/mol. The Balaban J connectivity index is 1.46. The Bertz CT molecular complexity index is 770. The van der Waals surface area contributed by atoms with Gasteiger partial charge in [0, 0.05) is 25.6 Å². The quantitative estimate of drug-likeness (QED) is 0.564. The van der Waals surface area contributed by atoms with Gasteiger partial charge in [0.05, 0.1) is 7.11 Å². The number of hydrogen-bond donors (Lipinski definition) is 1. The highest BCUT2D eigenvalue weighted by atomic mass is 16.6. The van der Waals surface area contributed by atoms with E-state index in [2.05, 4.69) is 24.3 Å². The average Bonchev–Trinajstić information content (AvgIpc) is 2.81. The van der Waals surface area contributed by atoms with Crippen LogP contribution in [0.5, 0.6) is 0 Å². The fourth-order valence-corrected chi connectivity index (χ4v) is 5.24. The standard InChI is InChI=1S/C27H42N2O4/c1-27(2,3)33-26(31)29-17-15-21(16-18-29)20-10-12-23(13-11-20)25(28)22-8-5-19(6-9-22)7-14-24(30)32-4/h10-13,19,21-22,25H,5-9,14-18,28H2,1-4H3/t19-,22-,25?. The molecule has 33 heavy (non-hydrogen) atoms. The van der Waals surface area contributed by atoms with E-state index in [1.165, 1.54) is 18.2 Å². The molecule has 0 aromatic heterocycles. The van der Waals surface area contributed by atoms with E-state index in [4.69, 9.17) is 15.2 Å². The van der Waals surface area contributed by atoms with Crippen molar-refractivity contribution in [3.63, 3.8) is 0 Å². The van der Waals surface area contributed by atoms with Crippen LogP contribution in [0, 0.1) is 11.8 Å². The Kier molecular flexibility index (Phi) is 8.80. The van der Waals surface area contributed by atoms with Gasteiger partial charge in [-0.15, -0.1) is 0 Å². The first-order chi connectivity index (χ1) is 15.7. The van der Waals surface area contributed by atoms with E-state index in [-0.39, 0.29) is 18.1 Å². The number of methoxy groups -OCH3 is 1. The van der Waals surface area contributed by atoms with Crippen LogP contribution in [0.3, 0.4) is 0 Å². The third kappa shape index (κ3) is 7.46. The van der Waals surface area contributed by atoms with Crippen molar-refractivity contribution in [2.75, 3.05) is 20.2 Å². The summed E-state index contributed by atoms with van der Waals surface area (Å²) in [5.41, 5.74) is 8.75. The molecule has 1 unspecified atom stereocenters. The maximum Gasteiger partial charge on any atom is 0.410 e. The Labute approximate surface area is 199 Å². The minimum Gasteiger partial charge on any atom is -0.469 e. The number of carbonyl (C=O) groups is 2. The molecular weight excluding hydrogens is 416 g/mol. The molecule has 2 aliphatic rings. The average molecular weight is 459 g/mol. The summed E-state index contributed by atoms with van der Waals surface area (Å²) >= 11 is 0. The predicted molar refractivity (Wildman–Crippen MR) is 130 cm³/mol. The maximum absolute atomic E-state index is 12.3. The third-order valence-corrected chi connectivity index (χ3v) is 7.32. The molecule has 1 aromatic carbocycles. The van der Waals surface area contributed by atoms with Crippen LogP contribution in [0.2, 0.25) is 0 Å². The Morgan fingerprint density at radius 2 is 1.64 bits per heavy atom. The second kappa shape index (κ2) is 11.4. The number of piperidine rings is 1. The summed E-state index contributed by atoms with van der Waals surface area (Å²) < 4.78 is 10.3. The van der Waals surface area contributed by atoms with Crippen LogP contribution in [-0.2, 0) is 14.3 Å². The zero-order valence-electron chi connectivity index (χ0n) is 20.8. The normalized spacial score (nSPS) is 23.1. The molecule has 1 saturated carbocycles. The fraction of sp³-hybridized carbons (Fsp3) is 0.704. The van der Waals surface area contributed by atoms with Gasteiger partial charge in [-0.1, -0.05) is 37.1 Å². The van der Waals surface area contributed by atoms with E-state index >= 15 is 0 Å². The number of hydrogen-bond acceptors (Lipinski definition) is 5. The number of ether oxygens (including phenoxy) is 2. The Morgan fingerprint density at radius 1 is 1.03 bits per heavy atom. The number of carbonyl (C=O) groups excluding carboxylic acids is 2. The molecule has 1 amide bonds. The van der Waals surface area contributed by atoms with Crippen molar-refractivity contribution in [3.05, 3.63) is 35.4 Å². The van der Waals surface area contributed by atoms with Gasteiger partial charge in [0.1, 0.15) is 5.60 Å². The largest absolute Gasteiger partial charge is 0.469 e. The van der Waals surface area contributed by atoms with Crippen molar-refractivity contribution < 1.29 is 19.1 Å². The van der Waals surface area contributed by atoms with Gasteiger partial charge in [0.2, 0.25) is 0 Å². The van der Waals surface area contributed by atoms with Gasteiger partial charge in [0.15, 0.2) is 0 Å². The summed E-state index contributed by atoms with van der Waals surface area (Å²) in [4.78, 5) is 25.5. The van der Waals surface area contributed by atoms with Crippen molar-refractivity contribution in [3.8, 4) is 0 Å². The summed E-state index contributed by atoms with van der Waals surface area (Å²) in [5, 5.41) is 0. The first kappa shape index (κ1) is 25.5. The van der Waals surface area contributed by atoms with Gasteiger partial charge in [-0.2, -0.15) is 0 Å². The highest BCUT2D eigenvalue weighted by molar-refractivity contribution is 5.69. The van der Waals surface area contributed by atoms with E-state index < -0.39 is 5.60 Å². The highest BCUT2D eigenvalue weighted by Crippen LogP contribution is 2.38. The molecule has 0 radical (unpaired) electrons. The SMILES string of the molecule is COC(=O)CC[C@H]1CC[C@H](C(N)c2ccc(C3CCN(C(=O)OC(C)(C)C)CC3)cc2)CC1. The van der Waals surface area contributed by atoms with Crippen molar-refractivity contribution in [1.29, 1.82) is 0 Å². The Hall–Kier alpha value is -2.08. The maximum atomic E-state index is 12.3. The minimum absolute atomic E-state index is 0.0645. The van der Waals surface area contributed by atoms with Crippen LogP contribution in [-0.4, -0.2) is 42.8 Å². The molecule has 1 heterocycles. The molecule has 0 bridgehead atoms. The van der Waals surface area contributed by atoms with Crippen LogP contribution in [0.1, 0.15) is 95.2 Å². The van der Waals surface area contributed by atoms with Gasteiger partial charge < -0.3 is 20.1 Å². The van der Waals surface area contributed by atoms with Crippen molar-refractivity contribution in [1.82, 2.24) is 4.90 Å². The summed E-state index contributed by atoms with van der Waals surface area (Å²) in [6.07, 6.45) is 7.69. The van der Waals surface area contributed by atoms with E-state index in [0.29, 0.717) is 24.2 Å². The van der Waals surface area contributed by atoms with E-state index in [9.17, 15) is 9.59 Å². The summed E-state index contributed by atoms with van der Waals surface area (Å²) in [5.74, 6) is 1.48. The molecule has 2 fully saturated rings. The highest BCUT2D eigenvalue weighted by Gasteiger charge is 2.29. The van der Waals surface area contributed by atoms with Crippen LogP contribution in [0.4, 0.5) is 4.79 Å². The van der Waals surface area contributed by atoms with Gasteiger partial charge >= 0.3 is 12.1 Å². The minimum atomic E-state index is -0.454.